The number of esters is 1. The number of hydrogen-bond acceptors (Lipinski definition) is 5. The summed E-state index contributed by atoms with van der Waals surface area (Å²) in [5.74, 6) is -0.236. The van der Waals surface area contributed by atoms with Crippen molar-refractivity contribution >= 4 is 17.1 Å². The smallest absolute Gasteiger partial charge is 0.342 e. The van der Waals surface area contributed by atoms with Gasteiger partial charge in [0.2, 0.25) is 5.71 Å². The first-order valence-corrected chi connectivity index (χ1v) is 7.31. The van der Waals surface area contributed by atoms with Crippen LogP contribution in [0.4, 0.5) is 0 Å². The van der Waals surface area contributed by atoms with Gasteiger partial charge in [0.05, 0.1) is 13.2 Å². The zero-order valence-electron chi connectivity index (χ0n) is 12.9. The third kappa shape index (κ3) is 2.75. The molecule has 6 nitrogen and oxygen atoms in total. The van der Waals surface area contributed by atoms with E-state index in [0.29, 0.717) is 12.3 Å². The van der Waals surface area contributed by atoms with Crippen molar-refractivity contribution in [3.05, 3.63) is 63.9 Å². The van der Waals surface area contributed by atoms with Gasteiger partial charge in [0, 0.05) is 0 Å². The summed E-state index contributed by atoms with van der Waals surface area (Å²) in [5.41, 5.74) is 0.953. The highest BCUT2D eigenvalue weighted by molar-refractivity contribution is 6.03. The third-order valence-corrected chi connectivity index (χ3v) is 3.53. The quantitative estimate of drug-likeness (QED) is 0.692. The van der Waals surface area contributed by atoms with Crippen molar-refractivity contribution in [2.75, 3.05) is 6.61 Å². The number of aryl methyl sites for hydroxylation is 1. The highest BCUT2D eigenvalue weighted by atomic mass is 16.5. The molecule has 0 atom stereocenters. The van der Waals surface area contributed by atoms with Crippen LogP contribution in [0, 0.1) is 6.92 Å². The Morgan fingerprint density at radius 3 is 2.74 bits per heavy atom. The predicted octanol–water partition coefficient (Wildman–Crippen LogP) is 2.52. The number of carbonyl (C=O) groups is 1. The Kier molecular flexibility index (Phi) is 3.97. The van der Waals surface area contributed by atoms with Gasteiger partial charge in [-0.25, -0.2) is 9.78 Å². The van der Waals surface area contributed by atoms with E-state index in [0.717, 1.165) is 5.56 Å². The van der Waals surface area contributed by atoms with Crippen LogP contribution >= 0.6 is 0 Å². The molecule has 1 aromatic carbocycles. The number of aromatic nitrogens is 2. The third-order valence-electron chi connectivity index (χ3n) is 3.53. The molecule has 0 aliphatic rings. The van der Waals surface area contributed by atoms with Crippen molar-refractivity contribution in [3.8, 4) is 0 Å². The first-order chi connectivity index (χ1) is 11.1. The van der Waals surface area contributed by atoms with E-state index in [1.807, 2.05) is 30.3 Å². The molecule has 6 heteroatoms. The Bertz CT molecular complexity index is 909. The van der Waals surface area contributed by atoms with Gasteiger partial charge in [-0.1, -0.05) is 30.3 Å². The fraction of sp³-hybridized carbons (Fsp3) is 0.235. The summed E-state index contributed by atoms with van der Waals surface area (Å²) in [7, 11) is 0. The zero-order chi connectivity index (χ0) is 16.4. The Morgan fingerprint density at radius 1 is 1.30 bits per heavy atom. The molecule has 0 saturated carbocycles. The van der Waals surface area contributed by atoms with Crippen LogP contribution in [0.5, 0.6) is 0 Å². The standard InChI is InChI=1S/C17H16N2O4/c1-3-22-17(21)13-11(2)23-15-14(13)16(20)19(10-18-15)9-12-7-5-4-6-8-12/h4-8,10H,3,9H2,1-2H3. The van der Waals surface area contributed by atoms with E-state index >= 15 is 0 Å². The van der Waals surface area contributed by atoms with Gasteiger partial charge < -0.3 is 9.15 Å². The first-order valence-electron chi connectivity index (χ1n) is 7.31. The molecule has 2 aromatic heterocycles. The maximum absolute atomic E-state index is 12.7. The number of fused-ring (bicyclic) bond motifs is 1. The molecule has 23 heavy (non-hydrogen) atoms. The van der Waals surface area contributed by atoms with E-state index in [1.165, 1.54) is 10.9 Å². The van der Waals surface area contributed by atoms with E-state index in [2.05, 4.69) is 4.98 Å². The SMILES string of the molecule is CCOC(=O)c1c(C)oc2ncn(Cc3ccccc3)c(=O)c12. The van der Waals surface area contributed by atoms with Crippen molar-refractivity contribution in [1.29, 1.82) is 0 Å². The molecule has 0 amide bonds. The van der Waals surface area contributed by atoms with Crippen molar-refractivity contribution in [3.63, 3.8) is 0 Å². The van der Waals surface area contributed by atoms with E-state index in [9.17, 15) is 9.59 Å². The minimum atomic E-state index is -0.569. The average molecular weight is 312 g/mol. The molecular weight excluding hydrogens is 296 g/mol. The van der Waals surface area contributed by atoms with Crippen LogP contribution in [0.15, 0.2) is 45.9 Å². The maximum atomic E-state index is 12.7. The van der Waals surface area contributed by atoms with Crippen molar-refractivity contribution in [2.24, 2.45) is 0 Å². The van der Waals surface area contributed by atoms with Crippen molar-refractivity contribution < 1.29 is 13.9 Å². The summed E-state index contributed by atoms with van der Waals surface area (Å²) in [4.78, 5) is 29.0. The number of benzene rings is 1. The van der Waals surface area contributed by atoms with E-state index in [1.54, 1.807) is 13.8 Å². The second kappa shape index (κ2) is 6.08. The topological polar surface area (TPSA) is 74.3 Å². The van der Waals surface area contributed by atoms with Gasteiger partial charge in [0.1, 0.15) is 23.0 Å². The van der Waals surface area contributed by atoms with E-state index < -0.39 is 5.97 Å². The van der Waals surface area contributed by atoms with Crippen molar-refractivity contribution in [1.82, 2.24) is 9.55 Å². The van der Waals surface area contributed by atoms with Crippen LogP contribution in [-0.2, 0) is 11.3 Å². The monoisotopic (exact) mass is 312 g/mol. The van der Waals surface area contributed by atoms with Gasteiger partial charge in [0.25, 0.3) is 5.56 Å². The number of rotatable bonds is 4. The Morgan fingerprint density at radius 2 is 2.04 bits per heavy atom. The normalized spacial score (nSPS) is 10.9. The molecular formula is C17H16N2O4. The Hall–Kier alpha value is -2.89. The van der Waals surface area contributed by atoms with Crippen LogP contribution in [0.1, 0.15) is 28.6 Å². The second-order valence-electron chi connectivity index (χ2n) is 5.10. The zero-order valence-corrected chi connectivity index (χ0v) is 12.9. The molecule has 0 spiro atoms. The average Bonchev–Trinajstić information content (AvgIpc) is 2.88. The van der Waals surface area contributed by atoms with Crippen LogP contribution < -0.4 is 5.56 Å². The number of hydrogen-bond donors (Lipinski definition) is 0. The van der Waals surface area contributed by atoms with Crippen LogP contribution in [0.2, 0.25) is 0 Å². The molecule has 0 bridgehead atoms. The molecule has 0 aliphatic carbocycles. The molecule has 3 aromatic rings. The van der Waals surface area contributed by atoms with E-state index in [-0.39, 0.29) is 28.8 Å². The lowest BCUT2D eigenvalue weighted by molar-refractivity contribution is 0.0526. The lowest BCUT2D eigenvalue weighted by Crippen LogP contribution is -2.22. The highest BCUT2D eigenvalue weighted by Gasteiger charge is 2.23. The fourth-order valence-electron chi connectivity index (χ4n) is 2.48. The van der Waals surface area contributed by atoms with Crippen LogP contribution in [0.3, 0.4) is 0 Å². The summed E-state index contributed by atoms with van der Waals surface area (Å²) >= 11 is 0. The summed E-state index contributed by atoms with van der Waals surface area (Å²) < 4.78 is 11.9. The van der Waals surface area contributed by atoms with Gasteiger partial charge in [0.15, 0.2) is 0 Å². The van der Waals surface area contributed by atoms with Gasteiger partial charge in [-0.2, -0.15) is 0 Å². The Balaban J connectivity index is 2.12. The molecule has 0 radical (unpaired) electrons. The lowest BCUT2D eigenvalue weighted by Gasteiger charge is -2.05. The van der Waals surface area contributed by atoms with E-state index in [4.69, 9.17) is 9.15 Å². The molecule has 0 fully saturated rings. The maximum Gasteiger partial charge on any atom is 0.342 e. The fourth-order valence-corrected chi connectivity index (χ4v) is 2.48. The molecule has 2 heterocycles. The first kappa shape index (κ1) is 15.0. The highest BCUT2D eigenvalue weighted by Crippen LogP contribution is 2.21. The largest absolute Gasteiger partial charge is 0.462 e. The van der Waals surface area contributed by atoms with Gasteiger partial charge in [-0.3, -0.25) is 9.36 Å². The van der Waals surface area contributed by atoms with Crippen molar-refractivity contribution in [2.45, 2.75) is 20.4 Å². The molecule has 0 aliphatic heterocycles. The summed E-state index contributed by atoms with van der Waals surface area (Å²) in [5, 5.41) is 0.166. The second-order valence-corrected chi connectivity index (χ2v) is 5.10. The number of nitrogens with zero attached hydrogens (tertiary/aromatic N) is 2. The minimum Gasteiger partial charge on any atom is -0.462 e. The summed E-state index contributed by atoms with van der Waals surface area (Å²) in [6, 6.07) is 9.55. The van der Waals surface area contributed by atoms with Gasteiger partial charge >= 0.3 is 5.97 Å². The Labute approximate surface area is 132 Å². The molecule has 0 saturated heterocycles. The van der Waals surface area contributed by atoms with Gasteiger partial charge in [-0.15, -0.1) is 0 Å². The number of carbonyl (C=O) groups excluding carboxylic acids is 1. The number of ether oxygens (including phenoxy) is 1. The molecule has 3 rings (SSSR count). The van der Waals surface area contributed by atoms with Crippen LogP contribution in [0.25, 0.3) is 11.1 Å². The van der Waals surface area contributed by atoms with Gasteiger partial charge in [-0.05, 0) is 19.4 Å². The molecule has 0 unspecified atom stereocenters. The minimum absolute atomic E-state index is 0.153. The predicted molar refractivity (Wildman–Crippen MR) is 84.5 cm³/mol. The summed E-state index contributed by atoms with van der Waals surface area (Å²) in [6.07, 6.45) is 1.43. The molecule has 118 valence electrons. The van der Waals surface area contributed by atoms with Crippen LogP contribution in [-0.4, -0.2) is 22.1 Å². The number of furan rings is 1. The molecule has 0 N–H and O–H groups in total. The summed E-state index contributed by atoms with van der Waals surface area (Å²) in [6.45, 7) is 3.93. The lowest BCUT2D eigenvalue weighted by atomic mass is 10.2.